The lowest BCUT2D eigenvalue weighted by molar-refractivity contribution is 0.131. The number of rotatable bonds is 18. The number of hydrogen-bond donors (Lipinski definition) is 3. The second-order valence-corrected chi connectivity index (χ2v) is 8.49. The lowest BCUT2D eigenvalue weighted by atomic mass is 10.1. The minimum Gasteiger partial charge on any atom is -0.381 e. The van der Waals surface area contributed by atoms with E-state index in [-0.39, 0.29) is 0 Å². The molecule has 190 valence electrons. The lowest BCUT2D eigenvalue weighted by Crippen LogP contribution is -2.14. The van der Waals surface area contributed by atoms with Crippen LogP contribution in [0.25, 0.3) is 10.8 Å². The molecule has 0 amide bonds. The van der Waals surface area contributed by atoms with Gasteiger partial charge in [-0.2, -0.15) is 15.0 Å². The summed E-state index contributed by atoms with van der Waals surface area (Å²) in [6.45, 7) is 8.89. The van der Waals surface area contributed by atoms with Gasteiger partial charge in [-0.3, -0.25) is 0 Å². The molecule has 0 aliphatic heterocycles. The van der Waals surface area contributed by atoms with Crippen molar-refractivity contribution in [1.82, 2.24) is 15.0 Å². The first-order chi connectivity index (χ1) is 17.3. The predicted molar refractivity (Wildman–Crippen MR) is 145 cm³/mol. The van der Waals surface area contributed by atoms with Gasteiger partial charge in [0, 0.05) is 45.2 Å². The molecule has 0 atom stereocenters. The van der Waals surface area contributed by atoms with Crippen molar-refractivity contribution in [1.29, 1.82) is 0 Å². The van der Waals surface area contributed by atoms with Crippen molar-refractivity contribution in [2.24, 2.45) is 0 Å². The van der Waals surface area contributed by atoms with E-state index in [1.54, 1.807) is 0 Å². The molecule has 3 rings (SSSR count). The summed E-state index contributed by atoms with van der Waals surface area (Å²) >= 11 is 0. The number of hydrogen-bond acceptors (Lipinski definition) is 8. The fraction of sp³-hybridized carbons (Fsp3) is 0.519. The van der Waals surface area contributed by atoms with Gasteiger partial charge in [0.2, 0.25) is 17.8 Å². The van der Waals surface area contributed by atoms with Gasteiger partial charge >= 0.3 is 0 Å². The van der Waals surface area contributed by atoms with Crippen molar-refractivity contribution >= 4 is 34.3 Å². The number of anilines is 4. The fourth-order valence-electron chi connectivity index (χ4n) is 3.43. The van der Waals surface area contributed by atoms with Crippen LogP contribution < -0.4 is 16.0 Å². The van der Waals surface area contributed by atoms with Crippen LogP contribution in [0.3, 0.4) is 0 Å². The summed E-state index contributed by atoms with van der Waals surface area (Å²) in [6, 6.07) is 14.5. The summed E-state index contributed by atoms with van der Waals surface area (Å²) in [5.41, 5.74) is 0.931. The Kier molecular flexibility index (Phi) is 12.1. The average molecular weight is 481 g/mol. The molecule has 0 fully saturated rings. The van der Waals surface area contributed by atoms with Crippen LogP contribution in [0.2, 0.25) is 0 Å². The molecule has 0 aliphatic rings. The standard InChI is InChI=1S/C27H40N6O2/c1-3-5-17-34-19-9-15-28-25-31-26(29-16-10-20-35-18-6-4-2)33-27(32-25)30-24-14-13-22-11-7-8-12-23(22)21-24/h7-8,11-14,21H,3-6,9-10,15-20H2,1-2H3,(H3,28,29,30,31,32,33). The van der Waals surface area contributed by atoms with Crippen molar-refractivity contribution in [2.75, 3.05) is 55.5 Å². The Bertz CT molecular complexity index is 964. The SMILES string of the molecule is CCCCOCCCNc1nc(NCCCOCCCC)nc(Nc2ccc3ccccc3c2)n1. The highest BCUT2D eigenvalue weighted by molar-refractivity contribution is 5.86. The summed E-state index contributed by atoms with van der Waals surface area (Å²) in [5.74, 6) is 1.58. The highest BCUT2D eigenvalue weighted by Gasteiger charge is 2.08. The number of nitrogens with one attached hydrogen (secondary N) is 3. The molecule has 35 heavy (non-hydrogen) atoms. The maximum Gasteiger partial charge on any atom is 0.233 e. The molecule has 0 saturated heterocycles. The van der Waals surface area contributed by atoms with Crippen molar-refractivity contribution in [3.63, 3.8) is 0 Å². The Morgan fingerprint density at radius 3 is 1.77 bits per heavy atom. The second-order valence-electron chi connectivity index (χ2n) is 8.49. The third-order valence-corrected chi connectivity index (χ3v) is 5.42. The Morgan fingerprint density at radius 2 is 1.17 bits per heavy atom. The van der Waals surface area contributed by atoms with E-state index in [2.05, 4.69) is 69.0 Å². The van der Waals surface area contributed by atoms with Crippen LogP contribution in [0, 0.1) is 0 Å². The molecule has 1 aromatic heterocycles. The third-order valence-electron chi connectivity index (χ3n) is 5.42. The predicted octanol–water partition coefficient (Wildman–Crippen LogP) is 6.01. The third kappa shape index (κ3) is 10.0. The number of fused-ring (bicyclic) bond motifs is 1. The topological polar surface area (TPSA) is 93.2 Å². The Morgan fingerprint density at radius 1 is 0.629 bits per heavy atom. The van der Waals surface area contributed by atoms with Crippen LogP contribution in [0.5, 0.6) is 0 Å². The van der Waals surface area contributed by atoms with E-state index >= 15 is 0 Å². The van der Waals surface area contributed by atoms with Gasteiger partial charge in [-0.05, 0) is 48.6 Å². The first kappa shape index (κ1) is 26.6. The van der Waals surface area contributed by atoms with Gasteiger partial charge in [0.25, 0.3) is 0 Å². The van der Waals surface area contributed by atoms with Gasteiger partial charge in [0.05, 0.1) is 0 Å². The molecule has 0 unspecified atom stereocenters. The number of unbranched alkanes of at least 4 members (excludes halogenated alkanes) is 2. The minimum atomic E-state index is 0.499. The summed E-state index contributed by atoms with van der Waals surface area (Å²) < 4.78 is 11.3. The zero-order valence-corrected chi connectivity index (χ0v) is 21.2. The van der Waals surface area contributed by atoms with E-state index < -0.39 is 0 Å². The Labute approximate surface area is 209 Å². The molecule has 0 radical (unpaired) electrons. The largest absolute Gasteiger partial charge is 0.381 e. The van der Waals surface area contributed by atoms with E-state index in [1.165, 1.54) is 5.39 Å². The van der Waals surface area contributed by atoms with Crippen molar-refractivity contribution in [2.45, 2.75) is 52.4 Å². The highest BCUT2D eigenvalue weighted by atomic mass is 16.5. The minimum absolute atomic E-state index is 0.499. The molecule has 3 N–H and O–H groups in total. The Hall–Kier alpha value is -2.97. The van der Waals surface area contributed by atoms with Crippen LogP contribution in [-0.4, -0.2) is 54.5 Å². The van der Waals surface area contributed by atoms with Crippen LogP contribution in [0.1, 0.15) is 52.4 Å². The second kappa shape index (κ2) is 15.8. The highest BCUT2D eigenvalue weighted by Crippen LogP contribution is 2.21. The van der Waals surface area contributed by atoms with Gasteiger partial charge in [-0.15, -0.1) is 0 Å². The number of nitrogens with zero attached hydrogens (tertiary/aromatic N) is 3. The van der Waals surface area contributed by atoms with Gasteiger partial charge in [-0.25, -0.2) is 0 Å². The molecule has 2 aromatic carbocycles. The first-order valence-electron chi connectivity index (χ1n) is 12.9. The number of ether oxygens (including phenoxy) is 2. The van der Waals surface area contributed by atoms with Crippen molar-refractivity contribution in [3.8, 4) is 0 Å². The summed E-state index contributed by atoms with van der Waals surface area (Å²) in [6.07, 6.45) is 6.28. The molecule has 3 aromatic rings. The average Bonchev–Trinajstić information content (AvgIpc) is 2.87. The fourth-order valence-corrected chi connectivity index (χ4v) is 3.43. The van der Waals surface area contributed by atoms with Gasteiger partial charge in [0.15, 0.2) is 0 Å². The van der Waals surface area contributed by atoms with E-state index in [4.69, 9.17) is 9.47 Å². The van der Waals surface area contributed by atoms with Gasteiger partial charge < -0.3 is 25.4 Å². The molecule has 0 bridgehead atoms. The molecular weight excluding hydrogens is 440 g/mol. The molecule has 1 heterocycles. The molecule has 0 spiro atoms. The van der Waals surface area contributed by atoms with Gasteiger partial charge in [0.1, 0.15) is 0 Å². The van der Waals surface area contributed by atoms with Crippen molar-refractivity contribution < 1.29 is 9.47 Å². The zero-order valence-electron chi connectivity index (χ0n) is 21.2. The molecule has 8 heteroatoms. The monoisotopic (exact) mass is 480 g/mol. The first-order valence-corrected chi connectivity index (χ1v) is 12.9. The lowest BCUT2D eigenvalue weighted by Gasteiger charge is -2.12. The number of aromatic nitrogens is 3. The van der Waals surface area contributed by atoms with E-state index in [0.29, 0.717) is 17.8 Å². The maximum absolute atomic E-state index is 5.64. The molecule has 0 aliphatic carbocycles. The van der Waals surface area contributed by atoms with Crippen molar-refractivity contribution in [3.05, 3.63) is 42.5 Å². The van der Waals surface area contributed by atoms with Gasteiger partial charge in [-0.1, -0.05) is 57.0 Å². The number of benzene rings is 2. The maximum atomic E-state index is 5.64. The molecule has 8 nitrogen and oxygen atoms in total. The summed E-state index contributed by atoms with van der Waals surface area (Å²) in [5, 5.41) is 12.3. The Balaban J connectivity index is 1.59. The van der Waals surface area contributed by atoms with Crippen LogP contribution in [0.15, 0.2) is 42.5 Å². The normalized spacial score (nSPS) is 11.0. The quantitative estimate of drug-likeness (QED) is 0.191. The molecular formula is C27H40N6O2. The zero-order chi connectivity index (χ0) is 24.6. The summed E-state index contributed by atoms with van der Waals surface area (Å²) in [7, 11) is 0. The smallest absolute Gasteiger partial charge is 0.233 e. The summed E-state index contributed by atoms with van der Waals surface area (Å²) in [4.78, 5) is 13.7. The van der Waals surface area contributed by atoms with E-state index in [0.717, 1.165) is 89.1 Å². The molecule has 0 saturated carbocycles. The van der Waals surface area contributed by atoms with Crippen LogP contribution in [0.4, 0.5) is 23.5 Å². The van der Waals surface area contributed by atoms with Crippen LogP contribution in [-0.2, 0) is 9.47 Å². The van der Waals surface area contributed by atoms with Crippen LogP contribution >= 0.6 is 0 Å². The van der Waals surface area contributed by atoms with E-state index in [9.17, 15) is 0 Å². The van der Waals surface area contributed by atoms with E-state index in [1.807, 2.05) is 18.2 Å².